The molecule has 0 spiro atoms. The van der Waals surface area contributed by atoms with E-state index in [0.29, 0.717) is 12.1 Å². The van der Waals surface area contributed by atoms with Crippen LogP contribution in [0.5, 0.6) is 0 Å². The van der Waals surface area contributed by atoms with Crippen LogP contribution in [0.4, 0.5) is 10.2 Å². The van der Waals surface area contributed by atoms with Crippen molar-refractivity contribution < 1.29 is 9.50 Å². The number of allylic oxidation sites excluding steroid dienone is 4. The molecule has 0 bridgehead atoms. The number of hydrogen-bond acceptors (Lipinski definition) is 4. The van der Waals surface area contributed by atoms with Crippen molar-refractivity contribution in [3.05, 3.63) is 95.0 Å². The minimum Gasteiger partial charge on any atom is -0.393 e. The molecule has 2 heterocycles. The molecule has 6 nitrogen and oxygen atoms in total. The van der Waals surface area contributed by atoms with Gasteiger partial charge < -0.3 is 10.4 Å². The second-order valence-electron chi connectivity index (χ2n) is 8.97. The van der Waals surface area contributed by atoms with Crippen molar-refractivity contribution in [2.45, 2.75) is 64.3 Å². The molecule has 4 rings (SSSR count). The molecule has 7 heteroatoms. The van der Waals surface area contributed by atoms with Gasteiger partial charge in [-0.3, -0.25) is 9.13 Å². The van der Waals surface area contributed by atoms with Gasteiger partial charge in [-0.2, -0.15) is 0 Å². The Morgan fingerprint density at radius 1 is 1.14 bits per heavy atom. The smallest absolute Gasteiger partial charge is 0.329 e. The van der Waals surface area contributed by atoms with Crippen molar-refractivity contribution >= 4 is 5.82 Å². The lowest BCUT2D eigenvalue weighted by molar-refractivity contribution is 0.126. The molecule has 0 amide bonds. The third-order valence-electron chi connectivity index (χ3n) is 6.36. The molecule has 0 radical (unpaired) electrons. The molecule has 0 atom stereocenters. The van der Waals surface area contributed by atoms with Gasteiger partial charge >= 0.3 is 5.69 Å². The topological polar surface area (TPSA) is 72.1 Å². The van der Waals surface area contributed by atoms with Crippen molar-refractivity contribution in [2.75, 3.05) is 5.32 Å². The van der Waals surface area contributed by atoms with Gasteiger partial charge in [-0.15, -0.1) is 0 Å². The summed E-state index contributed by atoms with van der Waals surface area (Å²) in [6, 6.07) is 10.6. The molecule has 2 N–H and O–H groups in total. The highest BCUT2D eigenvalue weighted by Gasteiger charge is 2.20. The van der Waals surface area contributed by atoms with Crippen LogP contribution in [0.3, 0.4) is 0 Å². The molecule has 0 unspecified atom stereocenters. The fraction of sp³-hybridized carbons (Fsp3) is 0.357. The first kappa shape index (κ1) is 24.7. The van der Waals surface area contributed by atoms with E-state index in [1.165, 1.54) is 6.07 Å². The molecule has 0 aliphatic heterocycles. The number of hydrogen-bond donors (Lipinski definition) is 2. The van der Waals surface area contributed by atoms with Gasteiger partial charge in [0, 0.05) is 36.1 Å². The molecular weight excluding hydrogens is 443 g/mol. The van der Waals surface area contributed by atoms with E-state index < -0.39 is 0 Å². The molecule has 0 saturated heterocycles. The molecule has 1 aliphatic rings. The maximum absolute atomic E-state index is 14.3. The van der Waals surface area contributed by atoms with Crippen LogP contribution in [0.2, 0.25) is 0 Å². The van der Waals surface area contributed by atoms with Crippen molar-refractivity contribution in [2.24, 2.45) is 0 Å². The Bertz CT molecular complexity index is 1240. The number of halogens is 1. The summed E-state index contributed by atoms with van der Waals surface area (Å²) in [5.74, 6) is 0.414. The highest BCUT2D eigenvalue weighted by atomic mass is 19.1. The van der Waals surface area contributed by atoms with Gasteiger partial charge in [-0.25, -0.2) is 14.2 Å². The van der Waals surface area contributed by atoms with E-state index in [1.54, 1.807) is 39.7 Å². The quantitative estimate of drug-likeness (QED) is 0.420. The second kappa shape index (κ2) is 11.8. The first-order chi connectivity index (χ1) is 17.0. The Balaban J connectivity index is 1.64. The predicted octanol–water partition coefficient (Wildman–Crippen LogP) is 5.14. The average Bonchev–Trinajstić information content (AvgIpc) is 3.17. The third kappa shape index (κ3) is 6.36. The monoisotopic (exact) mass is 476 g/mol. The van der Waals surface area contributed by atoms with E-state index in [0.717, 1.165) is 49.2 Å². The lowest BCUT2D eigenvalue weighted by Gasteiger charge is -2.26. The highest BCUT2D eigenvalue weighted by Crippen LogP contribution is 2.25. The van der Waals surface area contributed by atoms with E-state index in [9.17, 15) is 14.3 Å². The molecule has 35 heavy (non-hydrogen) atoms. The van der Waals surface area contributed by atoms with Crippen LogP contribution in [-0.2, 0) is 13.1 Å². The van der Waals surface area contributed by atoms with Crippen molar-refractivity contribution in [1.82, 2.24) is 14.1 Å². The minimum atomic E-state index is -0.328. The number of aliphatic hydroxyl groups is 1. The van der Waals surface area contributed by atoms with Gasteiger partial charge in [-0.05, 0) is 50.3 Å². The number of rotatable bonds is 9. The Labute approximate surface area is 205 Å². The summed E-state index contributed by atoms with van der Waals surface area (Å²) < 4.78 is 17.5. The molecule has 1 fully saturated rings. The van der Waals surface area contributed by atoms with E-state index in [-0.39, 0.29) is 30.2 Å². The van der Waals surface area contributed by atoms with Crippen molar-refractivity contribution in [3.63, 3.8) is 0 Å². The second-order valence-corrected chi connectivity index (χ2v) is 8.97. The van der Waals surface area contributed by atoms with E-state index in [4.69, 9.17) is 0 Å². The van der Waals surface area contributed by atoms with Crippen molar-refractivity contribution in [3.8, 4) is 11.3 Å². The van der Waals surface area contributed by atoms with Crippen LogP contribution in [0, 0.1) is 5.82 Å². The molecule has 2 aromatic heterocycles. The highest BCUT2D eigenvalue weighted by molar-refractivity contribution is 5.63. The SMILES string of the molecule is CC/C=C\C=C/Cn1c(-c2ccnc(N[C@H]3CC[C@H](O)CC3)c2)cn(Cc2ccccc2F)c1=O. The third-order valence-corrected chi connectivity index (χ3v) is 6.36. The minimum absolute atomic E-state index is 0.158. The normalized spacial score (nSPS) is 18.5. The van der Waals surface area contributed by atoms with Crippen LogP contribution in [0.1, 0.15) is 44.6 Å². The van der Waals surface area contributed by atoms with Crippen LogP contribution in [0.15, 0.2) is 77.9 Å². The summed E-state index contributed by atoms with van der Waals surface area (Å²) in [4.78, 5) is 17.8. The molecular formula is C28H33FN4O2. The molecule has 1 saturated carbocycles. The molecule has 184 valence electrons. The van der Waals surface area contributed by atoms with Crippen LogP contribution >= 0.6 is 0 Å². The molecule has 1 aliphatic carbocycles. The summed E-state index contributed by atoms with van der Waals surface area (Å²) in [6.45, 7) is 2.63. The number of aromatic nitrogens is 3. The Morgan fingerprint density at radius 2 is 1.91 bits per heavy atom. The van der Waals surface area contributed by atoms with E-state index >= 15 is 0 Å². The van der Waals surface area contributed by atoms with Gasteiger partial charge in [0.15, 0.2) is 0 Å². The van der Waals surface area contributed by atoms with Crippen molar-refractivity contribution in [1.29, 1.82) is 0 Å². The summed E-state index contributed by atoms with van der Waals surface area (Å²) in [5.41, 5.74) is 1.89. The maximum atomic E-state index is 14.3. The zero-order valence-corrected chi connectivity index (χ0v) is 20.1. The average molecular weight is 477 g/mol. The van der Waals surface area contributed by atoms with Gasteiger partial charge in [0.05, 0.1) is 18.3 Å². The Hall–Kier alpha value is -3.45. The summed E-state index contributed by atoms with van der Waals surface area (Å²) in [6.07, 6.45) is 15.5. The maximum Gasteiger partial charge on any atom is 0.329 e. The van der Waals surface area contributed by atoms with Crippen LogP contribution in [-0.4, -0.2) is 31.4 Å². The Morgan fingerprint density at radius 3 is 2.69 bits per heavy atom. The zero-order chi connectivity index (χ0) is 24.6. The largest absolute Gasteiger partial charge is 0.393 e. The van der Waals surface area contributed by atoms with Crippen LogP contribution < -0.4 is 11.0 Å². The molecule has 1 aromatic carbocycles. The van der Waals surface area contributed by atoms with E-state index in [1.807, 2.05) is 30.4 Å². The first-order valence-corrected chi connectivity index (χ1v) is 12.3. The standard InChI is InChI=1S/C28H33FN4O2/c1-2-3-4-5-8-17-33-26(20-32(28(33)35)19-22-9-6-7-10-25(22)29)21-15-16-30-27(18-21)31-23-11-13-24(34)14-12-23/h3-10,15-16,18,20,23-24,34H,2,11-14,17,19H2,1H3,(H,30,31)/b4-3-,8-5-/t23-,24-. The zero-order valence-electron chi connectivity index (χ0n) is 20.1. The van der Waals surface area contributed by atoms with Gasteiger partial charge in [0.2, 0.25) is 0 Å². The number of anilines is 1. The summed E-state index contributed by atoms with van der Waals surface area (Å²) in [7, 11) is 0. The molecule has 3 aromatic rings. The van der Waals surface area contributed by atoms with Crippen LogP contribution in [0.25, 0.3) is 11.3 Å². The lowest BCUT2D eigenvalue weighted by atomic mass is 9.93. The number of benzene rings is 1. The van der Waals surface area contributed by atoms with Gasteiger partial charge in [0.1, 0.15) is 11.6 Å². The number of pyridine rings is 1. The summed E-state index contributed by atoms with van der Waals surface area (Å²) >= 11 is 0. The number of nitrogens with zero attached hydrogens (tertiary/aromatic N) is 3. The summed E-state index contributed by atoms with van der Waals surface area (Å²) in [5, 5.41) is 13.3. The number of imidazole rings is 1. The van der Waals surface area contributed by atoms with Gasteiger partial charge in [-0.1, -0.05) is 49.4 Å². The number of nitrogens with one attached hydrogen (secondary N) is 1. The first-order valence-electron chi connectivity index (χ1n) is 12.3. The predicted molar refractivity (Wildman–Crippen MR) is 138 cm³/mol. The van der Waals surface area contributed by atoms with Gasteiger partial charge in [0.25, 0.3) is 0 Å². The Kier molecular flexibility index (Phi) is 8.32. The fourth-order valence-electron chi connectivity index (χ4n) is 4.42. The lowest BCUT2D eigenvalue weighted by Crippen LogP contribution is -2.28. The van der Waals surface area contributed by atoms with E-state index in [2.05, 4.69) is 23.3 Å². The number of aliphatic hydroxyl groups excluding tert-OH is 1. The fourth-order valence-corrected chi connectivity index (χ4v) is 4.42.